The SMILES string of the molecule is CCCN(CCC)C(=O)C(N=COC)[C@H]1CC(C(=O)O)C[C@@H]1N=C(N)N. The topological polar surface area (TPSA) is 144 Å². The molecule has 0 aromatic rings. The minimum Gasteiger partial charge on any atom is -0.487 e. The Bertz CT molecular complexity index is 527. The molecule has 0 saturated heterocycles. The summed E-state index contributed by atoms with van der Waals surface area (Å²) in [6.45, 7) is 5.24. The van der Waals surface area contributed by atoms with Gasteiger partial charge in [0.05, 0.1) is 19.1 Å². The van der Waals surface area contributed by atoms with Crippen molar-refractivity contribution in [2.45, 2.75) is 51.6 Å². The van der Waals surface area contributed by atoms with E-state index in [0.29, 0.717) is 19.5 Å². The van der Waals surface area contributed by atoms with Crippen molar-refractivity contribution in [3.63, 3.8) is 0 Å². The van der Waals surface area contributed by atoms with Gasteiger partial charge in [0.25, 0.3) is 0 Å². The van der Waals surface area contributed by atoms with Crippen molar-refractivity contribution in [3.05, 3.63) is 0 Å². The number of hydrogen-bond donors (Lipinski definition) is 3. The number of carboxylic acid groups (broad SMARTS) is 1. The molecular formula is C17H31N5O4. The molecule has 0 heterocycles. The molecule has 0 aliphatic heterocycles. The summed E-state index contributed by atoms with van der Waals surface area (Å²) >= 11 is 0. The summed E-state index contributed by atoms with van der Waals surface area (Å²) in [5.41, 5.74) is 11.0. The normalized spacial score (nSPS) is 23.6. The van der Waals surface area contributed by atoms with Crippen LogP contribution in [0.3, 0.4) is 0 Å². The Hall–Kier alpha value is -2.32. The number of ether oxygens (including phenoxy) is 1. The van der Waals surface area contributed by atoms with Gasteiger partial charge in [-0.15, -0.1) is 0 Å². The number of nitrogens with two attached hydrogens (primary N) is 2. The fourth-order valence-corrected chi connectivity index (χ4v) is 3.47. The van der Waals surface area contributed by atoms with Gasteiger partial charge in [0.1, 0.15) is 6.04 Å². The van der Waals surface area contributed by atoms with Crippen LogP contribution >= 0.6 is 0 Å². The number of hydrogen-bond acceptors (Lipinski definition) is 5. The first-order valence-corrected chi connectivity index (χ1v) is 9.00. The third-order valence-corrected chi connectivity index (χ3v) is 4.53. The summed E-state index contributed by atoms with van der Waals surface area (Å²) in [5.74, 6) is -2.18. The van der Waals surface area contributed by atoms with E-state index < -0.39 is 29.9 Å². The maximum atomic E-state index is 13.1. The number of amides is 1. The first-order chi connectivity index (χ1) is 12.3. The van der Waals surface area contributed by atoms with E-state index in [1.54, 1.807) is 4.90 Å². The Kier molecular flexibility index (Phi) is 8.87. The van der Waals surface area contributed by atoms with E-state index in [4.69, 9.17) is 16.2 Å². The van der Waals surface area contributed by atoms with Crippen LogP contribution in [0.15, 0.2) is 9.98 Å². The Morgan fingerprint density at radius 3 is 2.35 bits per heavy atom. The highest BCUT2D eigenvalue weighted by molar-refractivity contribution is 5.84. The van der Waals surface area contributed by atoms with Crippen LogP contribution < -0.4 is 11.5 Å². The maximum Gasteiger partial charge on any atom is 0.306 e. The van der Waals surface area contributed by atoms with E-state index in [1.165, 1.54) is 13.5 Å². The second kappa shape index (κ2) is 10.6. The third-order valence-electron chi connectivity index (χ3n) is 4.53. The second-order valence-electron chi connectivity index (χ2n) is 6.55. The van der Waals surface area contributed by atoms with Crippen LogP contribution in [0.1, 0.15) is 39.5 Å². The average molecular weight is 369 g/mol. The standard InChI is InChI=1S/C17H31N5O4/c1-4-6-22(7-5-2)15(23)14(20-10-26-3)12-8-11(16(24)25)9-13(12)21-17(18)19/h10-14H,4-9H2,1-3H3,(H,24,25)(H4,18,19,21)/t11?,12-,13-,14?/m0/s1. The Labute approximate surface area is 154 Å². The largest absolute Gasteiger partial charge is 0.487 e. The van der Waals surface area contributed by atoms with Crippen molar-refractivity contribution in [2.75, 3.05) is 20.2 Å². The predicted octanol–water partition coefficient (Wildman–Crippen LogP) is 0.431. The molecule has 4 atom stereocenters. The first kappa shape index (κ1) is 21.7. The van der Waals surface area contributed by atoms with E-state index in [2.05, 4.69) is 9.98 Å². The summed E-state index contributed by atoms with van der Waals surface area (Å²) in [7, 11) is 1.45. The van der Waals surface area contributed by atoms with Gasteiger partial charge >= 0.3 is 5.97 Å². The van der Waals surface area contributed by atoms with Gasteiger partial charge in [-0.05, 0) is 25.7 Å². The monoisotopic (exact) mass is 369 g/mol. The van der Waals surface area contributed by atoms with Gasteiger partial charge in [-0.25, -0.2) is 9.98 Å². The fraction of sp³-hybridized carbons (Fsp3) is 0.765. The number of carboxylic acids is 1. The molecule has 0 aromatic carbocycles. The van der Waals surface area contributed by atoms with Crippen LogP contribution in [0.4, 0.5) is 0 Å². The highest BCUT2D eigenvalue weighted by atomic mass is 16.5. The van der Waals surface area contributed by atoms with Crippen molar-refractivity contribution < 1.29 is 19.4 Å². The lowest BCUT2D eigenvalue weighted by atomic mass is 9.93. The molecule has 0 aromatic heterocycles. The number of guanidine groups is 1. The lowest BCUT2D eigenvalue weighted by Gasteiger charge is -2.29. The van der Waals surface area contributed by atoms with E-state index in [0.717, 1.165) is 12.8 Å². The van der Waals surface area contributed by atoms with Crippen LogP contribution in [0.25, 0.3) is 0 Å². The summed E-state index contributed by atoms with van der Waals surface area (Å²) in [4.78, 5) is 34.8. The molecule has 9 nitrogen and oxygen atoms in total. The van der Waals surface area contributed by atoms with Gasteiger partial charge < -0.3 is 26.2 Å². The molecule has 148 valence electrons. The van der Waals surface area contributed by atoms with Gasteiger partial charge in [-0.3, -0.25) is 9.59 Å². The van der Waals surface area contributed by atoms with Gasteiger partial charge in [-0.1, -0.05) is 13.8 Å². The van der Waals surface area contributed by atoms with Crippen molar-refractivity contribution >= 4 is 24.2 Å². The zero-order valence-electron chi connectivity index (χ0n) is 15.8. The Morgan fingerprint density at radius 2 is 1.88 bits per heavy atom. The van der Waals surface area contributed by atoms with Crippen LogP contribution in [0, 0.1) is 11.8 Å². The highest BCUT2D eigenvalue weighted by Gasteiger charge is 2.45. The third kappa shape index (κ3) is 5.89. The molecule has 26 heavy (non-hydrogen) atoms. The smallest absolute Gasteiger partial charge is 0.306 e. The molecule has 1 aliphatic carbocycles. The Balaban J connectivity index is 3.18. The summed E-state index contributed by atoms with van der Waals surface area (Å²) in [6, 6.07) is -1.24. The van der Waals surface area contributed by atoms with Crippen LogP contribution in [0.5, 0.6) is 0 Å². The maximum absolute atomic E-state index is 13.1. The summed E-state index contributed by atoms with van der Waals surface area (Å²) in [6.07, 6.45) is 3.45. The van der Waals surface area contributed by atoms with E-state index in [9.17, 15) is 14.7 Å². The molecule has 9 heteroatoms. The van der Waals surface area contributed by atoms with E-state index in [1.807, 2.05) is 13.8 Å². The molecule has 1 saturated carbocycles. The predicted molar refractivity (Wildman–Crippen MR) is 99.9 cm³/mol. The molecule has 1 fully saturated rings. The quantitative estimate of drug-likeness (QED) is 0.376. The molecule has 1 aliphatic rings. The molecule has 1 amide bonds. The lowest BCUT2D eigenvalue weighted by Crippen LogP contribution is -2.44. The number of carbonyl (C=O) groups is 2. The summed E-state index contributed by atoms with van der Waals surface area (Å²) < 4.78 is 4.91. The first-order valence-electron chi connectivity index (χ1n) is 9.00. The molecule has 5 N–H and O–H groups in total. The van der Waals surface area contributed by atoms with Gasteiger partial charge in [-0.2, -0.15) is 0 Å². The minimum absolute atomic E-state index is 0.119. The minimum atomic E-state index is -0.913. The summed E-state index contributed by atoms with van der Waals surface area (Å²) in [5, 5.41) is 9.39. The van der Waals surface area contributed by atoms with Crippen molar-refractivity contribution in [2.24, 2.45) is 33.3 Å². The second-order valence-corrected chi connectivity index (χ2v) is 6.55. The van der Waals surface area contributed by atoms with Crippen LogP contribution in [-0.4, -0.2) is 66.5 Å². The van der Waals surface area contributed by atoms with E-state index >= 15 is 0 Å². The molecule has 0 radical (unpaired) electrons. The number of carbonyl (C=O) groups excluding carboxylic acids is 1. The number of methoxy groups -OCH3 is 1. The van der Waals surface area contributed by atoms with Crippen LogP contribution in [-0.2, 0) is 14.3 Å². The zero-order chi connectivity index (χ0) is 19.7. The number of aliphatic carboxylic acids is 1. The number of rotatable bonds is 10. The van der Waals surface area contributed by atoms with E-state index in [-0.39, 0.29) is 18.3 Å². The van der Waals surface area contributed by atoms with Crippen molar-refractivity contribution in [3.8, 4) is 0 Å². The molecule has 2 unspecified atom stereocenters. The Morgan fingerprint density at radius 1 is 1.27 bits per heavy atom. The molecule has 0 spiro atoms. The highest BCUT2D eigenvalue weighted by Crippen LogP contribution is 2.37. The van der Waals surface area contributed by atoms with Gasteiger partial charge in [0.15, 0.2) is 12.4 Å². The molecule has 1 rings (SSSR count). The van der Waals surface area contributed by atoms with Crippen molar-refractivity contribution in [1.82, 2.24) is 4.90 Å². The van der Waals surface area contributed by atoms with Crippen molar-refractivity contribution in [1.29, 1.82) is 0 Å². The lowest BCUT2D eigenvalue weighted by molar-refractivity contribution is -0.142. The zero-order valence-corrected chi connectivity index (χ0v) is 15.8. The fourth-order valence-electron chi connectivity index (χ4n) is 3.47. The number of aliphatic imine (C=N–C) groups is 2. The van der Waals surface area contributed by atoms with Crippen LogP contribution in [0.2, 0.25) is 0 Å². The molecule has 0 bridgehead atoms. The molecular weight excluding hydrogens is 338 g/mol. The van der Waals surface area contributed by atoms with Gasteiger partial charge in [0, 0.05) is 19.0 Å². The van der Waals surface area contributed by atoms with Gasteiger partial charge in [0.2, 0.25) is 5.91 Å². The average Bonchev–Trinajstić information content (AvgIpc) is 2.98. The number of nitrogens with zero attached hydrogens (tertiary/aromatic N) is 3.